The molecule has 1 amide bonds. The highest BCUT2D eigenvalue weighted by Crippen LogP contribution is 2.53. The van der Waals surface area contributed by atoms with Crippen molar-refractivity contribution in [2.45, 2.75) is 168 Å². The van der Waals surface area contributed by atoms with E-state index < -0.39 is 29.5 Å². The Morgan fingerprint density at radius 1 is 0.771 bits per heavy atom. The van der Waals surface area contributed by atoms with E-state index in [1.165, 1.54) is 37.3 Å². The number of benzene rings is 3. The fourth-order valence-electron chi connectivity index (χ4n) is 14.0. The number of ether oxygens (including phenoxy) is 1. The van der Waals surface area contributed by atoms with E-state index in [9.17, 15) is 14.4 Å². The van der Waals surface area contributed by atoms with Crippen LogP contribution >= 0.6 is 0 Å². The molecule has 3 aromatic carbocycles. The minimum absolute atomic E-state index is 0.0364. The van der Waals surface area contributed by atoms with Gasteiger partial charge in [0.15, 0.2) is 5.78 Å². The van der Waals surface area contributed by atoms with Crippen LogP contribution in [0.3, 0.4) is 0 Å². The van der Waals surface area contributed by atoms with Crippen LogP contribution in [-0.2, 0) is 25.5 Å². The molecule has 2 N–H and O–H groups in total. The number of allylic oxidation sites excluding steroid dienone is 2. The van der Waals surface area contributed by atoms with Gasteiger partial charge in [0, 0.05) is 52.2 Å². The number of aromatic amines is 1. The summed E-state index contributed by atoms with van der Waals surface area (Å²) in [6.07, 6.45) is 14.9. The number of ketones is 1. The Bertz CT molecular complexity index is 2670. The number of hydrogen-bond acceptors (Lipinski definition) is 5. The lowest BCUT2D eigenvalue weighted by Gasteiger charge is -2.35. The van der Waals surface area contributed by atoms with Crippen molar-refractivity contribution in [3.63, 3.8) is 0 Å². The number of rotatable bonds is 15. The number of anilines is 1. The predicted molar refractivity (Wildman–Crippen MR) is 273 cm³/mol. The number of nitrogens with one attached hydrogen (secondary N) is 2. The fraction of sp³-hybridized carbons (Fsp3) is 0.550. The van der Waals surface area contributed by atoms with Crippen LogP contribution in [0.4, 0.5) is 18.9 Å². The maximum absolute atomic E-state index is 16.9. The molecule has 0 radical (unpaired) electrons. The van der Waals surface area contributed by atoms with Crippen molar-refractivity contribution in [2.24, 2.45) is 35.5 Å². The molecule has 5 aliphatic rings. The van der Waals surface area contributed by atoms with Crippen LogP contribution in [0.1, 0.15) is 188 Å². The van der Waals surface area contributed by atoms with Gasteiger partial charge in [-0.1, -0.05) is 89.7 Å². The molecule has 10 heteroatoms. The van der Waals surface area contributed by atoms with Crippen molar-refractivity contribution in [3.05, 3.63) is 117 Å². The van der Waals surface area contributed by atoms with Gasteiger partial charge in [-0.3, -0.25) is 14.4 Å². The molecule has 4 fully saturated rings. The van der Waals surface area contributed by atoms with Gasteiger partial charge in [0.05, 0.1) is 31.7 Å². The molecule has 9 rings (SSSR count). The van der Waals surface area contributed by atoms with Crippen LogP contribution in [0.25, 0.3) is 17.0 Å². The van der Waals surface area contributed by atoms with Gasteiger partial charge in [-0.2, -0.15) is 0 Å². The third-order valence-electron chi connectivity index (χ3n) is 17.5. The molecule has 4 aliphatic carbocycles. The van der Waals surface area contributed by atoms with Gasteiger partial charge in [0.2, 0.25) is 5.91 Å². The maximum atomic E-state index is 16.9. The van der Waals surface area contributed by atoms with Gasteiger partial charge >= 0.3 is 5.97 Å². The molecule has 374 valence electrons. The summed E-state index contributed by atoms with van der Waals surface area (Å²) in [4.78, 5) is 44.1. The highest BCUT2D eigenvalue weighted by molar-refractivity contribution is 5.91. The van der Waals surface area contributed by atoms with E-state index in [0.717, 1.165) is 110 Å². The van der Waals surface area contributed by atoms with E-state index in [1.807, 2.05) is 26.0 Å². The first-order valence-electron chi connectivity index (χ1n) is 26.5. The largest absolute Gasteiger partial charge is 0.469 e. The van der Waals surface area contributed by atoms with Crippen LogP contribution < -0.4 is 10.2 Å². The summed E-state index contributed by atoms with van der Waals surface area (Å²) >= 11 is 0. The molecule has 4 aromatic rings. The minimum atomic E-state index is -0.579. The summed E-state index contributed by atoms with van der Waals surface area (Å²) in [5, 5.41) is 3.71. The third-order valence-corrected chi connectivity index (χ3v) is 17.5. The zero-order valence-corrected chi connectivity index (χ0v) is 42.5. The molecule has 70 heavy (non-hydrogen) atoms. The summed E-state index contributed by atoms with van der Waals surface area (Å²) in [5.74, 6) is -1.53. The van der Waals surface area contributed by atoms with Gasteiger partial charge in [0.25, 0.3) is 0 Å². The second-order valence-corrected chi connectivity index (χ2v) is 22.5. The molecule has 1 aliphatic heterocycles. The van der Waals surface area contributed by atoms with Crippen molar-refractivity contribution in [1.82, 2.24) is 10.3 Å². The number of carbonyl (C=O) groups excluding carboxylic acids is 3. The van der Waals surface area contributed by atoms with Crippen molar-refractivity contribution >= 4 is 40.3 Å². The topological polar surface area (TPSA) is 91.5 Å². The average molecular weight is 958 g/mol. The Kier molecular flexibility index (Phi) is 14.6. The highest BCUT2D eigenvalue weighted by Gasteiger charge is 2.43. The van der Waals surface area contributed by atoms with E-state index in [4.69, 9.17) is 4.74 Å². The van der Waals surface area contributed by atoms with Crippen molar-refractivity contribution in [2.75, 3.05) is 12.0 Å². The number of carbonyl (C=O) groups is 3. The smallest absolute Gasteiger partial charge is 0.306 e. The number of amides is 1. The molecule has 8 atom stereocenters. The average Bonchev–Trinajstić information content (AvgIpc) is 4.18. The summed E-state index contributed by atoms with van der Waals surface area (Å²) in [6, 6.07) is 11.7. The quantitative estimate of drug-likeness (QED) is 0.0915. The summed E-state index contributed by atoms with van der Waals surface area (Å²) in [5.41, 5.74) is 9.71. The SMILES string of the molecule is C=C(C1CCC[C@H]1C1=Cc2cc([C@@H]3CC[C@H](c4cc5cc([C@@H]6CCCC6C(=O)[C@@H](NC(C)=O)C(C)C)[nH]c5cc4F)N3c3cc(F)c(C4CCCCC4)c(F)c3)c(C)cc2C1)[C@@H](CC(=O)OC)C(C)C. The lowest BCUT2D eigenvalue weighted by Crippen LogP contribution is -2.46. The molecule has 0 bridgehead atoms. The number of aromatic nitrogens is 1. The van der Waals surface area contributed by atoms with E-state index in [-0.39, 0.29) is 70.7 Å². The molecule has 2 unspecified atom stereocenters. The van der Waals surface area contributed by atoms with Crippen LogP contribution in [0.5, 0.6) is 0 Å². The molecule has 7 nitrogen and oxygen atoms in total. The summed E-state index contributed by atoms with van der Waals surface area (Å²) < 4.78 is 55.2. The first-order valence-corrected chi connectivity index (χ1v) is 26.5. The zero-order chi connectivity index (χ0) is 49.7. The Labute approximate surface area is 413 Å². The molecule has 0 spiro atoms. The van der Waals surface area contributed by atoms with Crippen LogP contribution in [0.2, 0.25) is 0 Å². The number of hydrogen-bond donors (Lipinski definition) is 2. The van der Waals surface area contributed by atoms with Gasteiger partial charge in [0.1, 0.15) is 17.5 Å². The highest BCUT2D eigenvalue weighted by atomic mass is 19.1. The number of halogens is 3. The second kappa shape index (κ2) is 20.5. The summed E-state index contributed by atoms with van der Waals surface area (Å²) in [7, 11) is 1.45. The van der Waals surface area contributed by atoms with Gasteiger partial charge in [-0.25, -0.2) is 13.2 Å². The Morgan fingerprint density at radius 3 is 2.10 bits per heavy atom. The molecule has 1 aromatic heterocycles. The number of esters is 1. The lowest BCUT2D eigenvalue weighted by atomic mass is 9.74. The molecular formula is C60H74F3N3O4. The van der Waals surface area contributed by atoms with E-state index in [2.05, 4.69) is 60.8 Å². The molecule has 2 heterocycles. The fourth-order valence-corrected chi connectivity index (χ4v) is 14.0. The van der Waals surface area contributed by atoms with Crippen LogP contribution in [-0.4, -0.2) is 35.8 Å². The normalized spacial score (nSPS) is 24.6. The first kappa shape index (κ1) is 49.8. The monoisotopic (exact) mass is 958 g/mol. The van der Waals surface area contributed by atoms with Crippen molar-refractivity contribution in [3.8, 4) is 0 Å². The van der Waals surface area contributed by atoms with Crippen molar-refractivity contribution in [1.29, 1.82) is 0 Å². The Hall–Kier alpha value is -5.12. The van der Waals surface area contributed by atoms with Crippen molar-refractivity contribution < 1.29 is 32.3 Å². The number of nitrogens with zero attached hydrogens (tertiary/aromatic N) is 1. The van der Waals surface area contributed by atoms with Crippen LogP contribution in [0, 0.1) is 59.9 Å². The standard InChI is InChI=1S/C60H74F3N3O4/c1-32(2)47(30-57(68)70-8)35(6)43-16-12-17-44(43)40-23-38-22-34(5)48(25-39(38)24-40)55-20-21-56(66(55)42-28-51(62)58(52(63)29-42)37-14-10-9-11-15-37)49-26-41-27-54(65-53(41)31-50(49)61)45-18-13-19-46(45)60(69)59(33(3)4)64-36(7)67/h22,24-29,31-33,37,43-47,55-56,59,65H,6,9-21,23,30H2,1-5,7-8H3,(H,64,67)/t43?,44-,45+,46?,47-,55-,56+,59-/m0/s1. The number of aryl methyl sites for hydroxylation is 1. The summed E-state index contributed by atoms with van der Waals surface area (Å²) in [6.45, 7) is 16.4. The minimum Gasteiger partial charge on any atom is -0.469 e. The van der Waals surface area contributed by atoms with E-state index in [0.29, 0.717) is 41.9 Å². The zero-order valence-electron chi connectivity index (χ0n) is 42.5. The lowest BCUT2D eigenvalue weighted by molar-refractivity contribution is -0.141. The molecular weight excluding hydrogens is 884 g/mol. The Morgan fingerprint density at radius 2 is 1.44 bits per heavy atom. The van der Waals surface area contributed by atoms with Crippen LogP contribution in [0.15, 0.2) is 60.2 Å². The van der Waals surface area contributed by atoms with E-state index >= 15 is 13.2 Å². The maximum Gasteiger partial charge on any atom is 0.306 e. The molecule has 1 saturated heterocycles. The third kappa shape index (κ3) is 9.66. The van der Waals surface area contributed by atoms with Gasteiger partial charge in [-0.15, -0.1) is 0 Å². The Balaban J connectivity index is 1.06. The number of H-pyrrole nitrogens is 1. The first-order chi connectivity index (χ1) is 33.5. The van der Waals surface area contributed by atoms with Gasteiger partial charge < -0.3 is 19.9 Å². The van der Waals surface area contributed by atoms with Gasteiger partial charge in [-0.05, 0) is 159 Å². The number of Topliss-reactive ketones (excluding diaryl/α,β-unsaturated/α-hetero) is 1. The molecule has 3 saturated carbocycles. The number of fused-ring (bicyclic) bond motifs is 2. The second-order valence-electron chi connectivity index (χ2n) is 22.5. The van der Waals surface area contributed by atoms with E-state index in [1.54, 1.807) is 6.07 Å². The number of methoxy groups -OCH3 is 1. The predicted octanol–water partition coefficient (Wildman–Crippen LogP) is 14.4.